The molecule has 1 saturated heterocycles. The molecule has 14 heavy (non-hydrogen) atoms. The van der Waals surface area contributed by atoms with Crippen molar-refractivity contribution < 1.29 is 0 Å². The first-order valence-electron chi connectivity index (χ1n) is 4.67. The number of aromatic nitrogens is 2. The van der Waals surface area contributed by atoms with Gasteiger partial charge in [0, 0.05) is 38.6 Å². The van der Waals surface area contributed by atoms with Gasteiger partial charge in [0.2, 0.25) is 5.95 Å². The van der Waals surface area contributed by atoms with Crippen LogP contribution in [0.3, 0.4) is 0 Å². The molecular formula is C9H13BrN4. The number of nitrogens with zero attached hydrogens (tertiary/aromatic N) is 4. The molecule has 4 nitrogen and oxygen atoms in total. The largest absolute Gasteiger partial charge is 0.338 e. The van der Waals surface area contributed by atoms with Gasteiger partial charge < -0.3 is 9.80 Å². The fraction of sp³-hybridized carbons (Fsp3) is 0.556. The van der Waals surface area contributed by atoms with Gasteiger partial charge in [-0.05, 0) is 23.0 Å². The van der Waals surface area contributed by atoms with E-state index in [0.29, 0.717) is 0 Å². The van der Waals surface area contributed by atoms with Crippen molar-refractivity contribution in [2.75, 3.05) is 38.1 Å². The standard InChI is InChI=1S/C9H13BrN4/c1-13-2-4-14(5-3-13)9-11-6-8(10)7-12-9/h6-7H,2-5H2,1H3. The summed E-state index contributed by atoms with van der Waals surface area (Å²) in [4.78, 5) is 13.1. The highest BCUT2D eigenvalue weighted by Crippen LogP contribution is 2.12. The van der Waals surface area contributed by atoms with Gasteiger partial charge in [-0.3, -0.25) is 0 Å². The molecule has 1 aromatic heterocycles. The highest BCUT2D eigenvalue weighted by molar-refractivity contribution is 9.10. The van der Waals surface area contributed by atoms with Crippen LogP contribution in [0.2, 0.25) is 0 Å². The lowest BCUT2D eigenvalue weighted by atomic mass is 10.3. The molecule has 0 amide bonds. The second-order valence-corrected chi connectivity index (χ2v) is 4.41. The first kappa shape index (κ1) is 9.86. The Balaban J connectivity index is 2.05. The highest BCUT2D eigenvalue weighted by Gasteiger charge is 2.15. The van der Waals surface area contributed by atoms with E-state index in [0.717, 1.165) is 36.6 Å². The lowest BCUT2D eigenvalue weighted by molar-refractivity contribution is 0.311. The van der Waals surface area contributed by atoms with Crippen molar-refractivity contribution in [3.8, 4) is 0 Å². The fourth-order valence-corrected chi connectivity index (χ4v) is 1.68. The van der Waals surface area contributed by atoms with Crippen LogP contribution in [0.15, 0.2) is 16.9 Å². The summed E-state index contributed by atoms with van der Waals surface area (Å²) >= 11 is 3.33. The Bertz CT molecular complexity index is 292. The molecule has 2 rings (SSSR count). The molecule has 0 aromatic carbocycles. The molecule has 0 atom stereocenters. The normalized spacial score (nSPS) is 18.6. The van der Waals surface area contributed by atoms with Gasteiger partial charge in [0.15, 0.2) is 0 Å². The second-order valence-electron chi connectivity index (χ2n) is 3.49. The van der Waals surface area contributed by atoms with Gasteiger partial charge in [-0.1, -0.05) is 0 Å². The van der Waals surface area contributed by atoms with E-state index >= 15 is 0 Å². The van der Waals surface area contributed by atoms with Crippen LogP contribution in [0.4, 0.5) is 5.95 Å². The minimum atomic E-state index is 0.835. The Morgan fingerprint density at radius 2 is 1.71 bits per heavy atom. The zero-order valence-corrected chi connectivity index (χ0v) is 9.74. The topological polar surface area (TPSA) is 32.3 Å². The zero-order chi connectivity index (χ0) is 9.97. The van der Waals surface area contributed by atoms with Crippen molar-refractivity contribution in [3.63, 3.8) is 0 Å². The summed E-state index contributed by atoms with van der Waals surface area (Å²) in [6, 6.07) is 0. The van der Waals surface area contributed by atoms with Crippen LogP contribution in [-0.2, 0) is 0 Å². The summed E-state index contributed by atoms with van der Waals surface area (Å²) in [5.41, 5.74) is 0. The number of piperazine rings is 1. The molecule has 0 bridgehead atoms. The van der Waals surface area contributed by atoms with Crippen LogP contribution in [-0.4, -0.2) is 48.1 Å². The average molecular weight is 257 g/mol. The van der Waals surface area contributed by atoms with Gasteiger partial charge >= 0.3 is 0 Å². The predicted molar refractivity (Wildman–Crippen MR) is 59.4 cm³/mol. The number of hydrogen-bond acceptors (Lipinski definition) is 4. The quantitative estimate of drug-likeness (QED) is 0.751. The summed E-state index contributed by atoms with van der Waals surface area (Å²) in [7, 11) is 2.14. The minimum absolute atomic E-state index is 0.835. The number of halogens is 1. The summed E-state index contributed by atoms with van der Waals surface area (Å²) in [6.07, 6.45) is 3.58. The molecule has 5 heteroatoms. The summed E-state index contributed by atoms with van der Waals surface area (Å²) < 4.78 is 0.926. The number of hydrogen-bond donors (Lipinski definition) is 0. The van der Waals surface area contributed by atoms with Crippen LogP contribution in [0.25, 0.3) is 0 Å². The van der Waals surface area contributed by atoms with Gasteiger partial charge in [0.05, 0.1) is 4.47 Å². The first-order chi connectivity index (χ1) is 6.75. The van der Waals surface area contributed by atoms with Crippen molar-refractivity contribution >= 4 is 21.9 Å². The highest BCUT2D eigenvalue weighted by atomic mass is 79.9. The van der Waals surface area contributed by atoms with Crippen molar-refractivity contribution in [1.29, 1.82) is 0 Å². The molecule has 1 aromatic rings. The SMILES string of the molecule is CN1CCN(c2ncc(Br)cn2)CC1. The van der Waals surface area contributed by atoms with Gasteiger partial charge in [-0.25, -0.2) is 9.97 Å². The van der Waals surface area contributed by atoms with E-state index < -0.39 is 0 Å². The molecule has 76 valence electrons. The Morgan fingerprint density at radius 3 is 2.29 bits per heavy atom. The molecule has 0 unspecified atom stereocenters. The van der Waals surface area contributed by atoms with E-state index in [1.165, 1.54) is 0 Å². The van der Waals surface area contributed by atoms with E-state index in [-0.39, 0.29) is 0 Å². The van der Waals surface area contributed by atoms with Crippen molar-refractivity contribution in [3.05, 3.63) is 16.9 Å². The molecule has 1 fully saturated rings. The van der Waals surface area contributed by atoms with E-state index in [2.05, 4.69) is 42.7 Å². The smallest absolute Gasteiger partial charge is 0.225 e. The van der Waals surface area contributed by atoms with E-state index in [1.807, 2.05) is 0 Å². The van der Waals surface area contributed by atoms with Crippen molar-refractivity contribution in [2.45, 2.75) is 0 Å². The third kappa shape index (κ3) is 2.22. The average Bonchev–Trinajstić information content (AvgIpc) is 2.21. The van der Waals surface area contributed by atoms with Crippen LogP contribution in [0, 0.1) is 0 Å². The molecule has 2 heterocycles. The third-order valence-electron chi connectivity index (χ3n) is 2.39. The molecule has 0 spiro atoms. The van der Waals surface area contributed by atoms with Crippen LogP contribution < -0.4 is 4.90 Å². The Morgan fingerprint density at radius 1 is 1.14 bits per heavy atom. The minimum Gasteiger partial charge on any atom is -0.338 e. The van der Waals surface area contributed by atoms with Crippen LogP contribution in [0.5, 0.6) is 0 Å². The predicted octanol–water partition coefficient (Wildman–Crippen LogP) is 0.991. The Labute approximate surface area is 92.1 Å². The third-order valence-corrected chi connectivity index (χ3v) is 2.80. The molecule has 0 saturated carbocycles. The monoisotopic (exact) mass is 256 g/mol. The molecule has 0 aliphatic carbocycles. The molecule has 0 radical (unpaired) electrons. The van der Waals surface area contributed by atoms with Crippen molar-refractivity contribution in [1.82, 2.24) is 14.9 Å². The van der Waals surface area contributed by atoms with Gasteiger partial charge in [-0.15, -0.1) is 0 Å². The van der Waals surface area contributed by atoms with E-state index in [9.17, 15) is 0 Å². The molecule has 1 aliphatic heterocycles. The van der Waals surface area contributed by atoms with Gasteiger partial charge in [-0.2, -0.15) is 0 Å². The molecule has 1 aliphatic rings. The summed E-state index contributed by atoms with van der Waals surface area (Å²) in [6.45, 7) is 4.19. The van der Waals surface area contributed by atoms with Gasteiger partial charge in [0.1, 0.15) is 0 Å². The maximum absolute atomic E-state index is 4.28. The number of likely N-dealkylation sites (N-methyl/N-ethyl adjacent to an activating group) is 1. The number of rotatable bonds is 1. The Hall–Kier alpha value is -0.680. The van der Waals surface area contributed by atoms with Crippen LogP contribution >= 0.6 is 15.9 Å². The first-order valence-corrected chi connectivity index (χ1v) is 5.46. The van der Waals surface area contributed by atoms with Crippen LogP contribution in [0.1, 0.15) is 0 Å². The second kappa shape index (κ2) is 4.23. The van der Waals surface area contributed by atoms with Crippen molar-refractivity contribution in [2.24, 2.45) is 0 Å². The van der Waals surface area contributed by atoms with E-state index in [1.54, 1.807) is 12.4 Å². The Kier molecular flexibility index (Phi) is 2.98. The number of anilines is 1. The molecular weight excluding hydrogens is 244 g/mol. The summed E-state index contributed by atoms with van der Waals surface area (Å²) in [5, 5.41) is 0. The maximum atomic E-state index is 4.28. The maximum Gasteiger partial charge on any atom is 0.225 e. The summed E-state index contributed by atoms with van der Waals surface area (Å²) in [5.74, 6) is 0.835. The van der Waals surface area contributed by atoms with Gasteiger partial charge in [0.25, 0.3) is 0 Å². The fourth-order valence-electron chi connectivity index (χ4n) is 1.48. The zero-order valence-electron chi connectivity index (χ0n) is 8.15. The lowest BCUT2D eigenvalue weighted by Gasteiger charge is -2.32. The van der Waals surface area contributed by atoms with E-state index in [4.69, 9.17) is 0 Å². The lowest BCUT2D eigenvalue weighted by Crippen LogP contribution is -2.45. The molecule has 0 N–H and O–H groups in total.